The van der Waals surface area contributed by atoms with Crippen molar-refractivity contribution in [2.75, 3.05) is 12.4 Å². The molecule has 1 aromatic rings. The molecule has 0 saturated carbocycles. The third-order valence-corrected chi connectivity index (χ3v) is 3.36. The lowest BCUT2D eigenvalue weighted by Crippen LogP contribution is -2.48. The quantitative estimate of drug-likeness (QED) is 0.640. The summed E-state index contributed by atoms with van der Waals surface area (Å²) in [5.41, 5.74) is 0.687. The summed E-state index contributed by atoms with van der Waals surface area (Å²) >= 11 is 5.88. The lowest BCUT2D eigenvalue weighted by Gasteiger charge is -2.28. The van der Waals surface area contributed by atoms with Crippen molar-refractivity contribution in [1.82, 2.24) is 14.9 Å². The van der Waals surface area contributed by atoms with Crippen LogP contribution in [0.3, 0.4) is 0 Å². The van der Waals surface area contributed by atoms with E-state index in [9.17, 15) is 9.59 Å². The van der Waals surface area contributed by atoms with Gasteiger partial charge in [0.2, 0.25) is 5.91 Å². The number of hydrogen-bond donors (Lipinski definition) is 1. The van der Waals surface area contributed by atoms with Gasteiger partial charge in [-0.05, 0) is 13.3 Å². The van der Waals surface area contributed by atoms with Gasteiger partial charge in [-0.2, -0.15) is 0 Å². The number of nitrogens with one attached hydrogen (secondary N) is 1. The Morgan fingerprint density at radius 1 is 1.44 bits per heavy atom. The Balaban J connectivity index is 2.17. The van der Waals surface area contributed by atoms with E-state index in [1.54, 1.807) is 6.92 Å². The molecule has 1 N–H and O–H groups in total. The molecule has 0 bridgehead atoms. The smallest absolute Gasteiger partial charge is 0.251 e. The lowest BCUT2D eigenvalue weighted by molar-refractivity contribution is -0.146. The van der Waals surface area contributed by atoms with Gasteiger partial charge in [-0.1, -0.05) is 11.6 Å². The number of halogens is 1. The van der Waals surface area contributed by atoms with Gasteiger partial charge in [0, 0.05) is 19.0 Å². The van der Waals surface area contributed by atoms with Crippen molar-refractivity contribution in [2.24, 2.45) is 0 Å². The third kappa shape index (κ3) is 2.28. The number of amides is 2. The minimum absolute atomic E-state index is 0.157. The summed E-state index contributed by atoms with van der Waals surface area (Å²) in [5.74, 6) is 0.118. The maximum atomic E-state index is 11.9. The van der Waals surface area contributed by atoms with Crippen LogP contribution < -0.4 is 5.32 Å². The van der Waals surface area contributed by atoms with E-state index in [1.165, 1.54) is 13.4 Å². The minimum Gasteiger partial charge on any atom is -0.358 e. The highest BCUT2D eigenvalue weighted by molar-refractivity contribution is 6.30. The van der Waals surface area contributed by atoms with Gasteiger partial charge >= 0.3 is 0 Å². The molecule has 0 spiro atoms. The fourth-order valence-electron chi connectivity index (χ4n) is 1.79. The maximum absolute atomic E-state index is 11.9. The van der Waals surface area contributed by atoms with E-state index in [-0.39, 0.29) is 11.8 Å². The SMILES string of the molecule is Cc1c(Cl)ncnc1NC1CCC(=O)N(C)C1=O. The molecule has 1 aromatic heterocycles. The van der Waals surface area contributed by atoms with Crippen LogP contribution in [0.5, 0.6) is 0 Å². The number of rotatable bonds is 2. The predicted molar refractivity (Wildman–Crippen MR) is 66.2 cm³/mol. The Morgan fingerprint density at radius 3 is 2.89 bits per heavy atom. The molecule has 1 aliphatic rings. The summed E-state index contributed by atoms with van der Waals surface area (Å²) in [6.45, 7) is 1.77. The van der Waals surface area contributed by atoms with E-state index < -0.39 is 6.04 Å². The molecular weight excluding hydrogens is 256 g/mol. The summed E-state index contributed by atoms with van der Waals surface area (Å²) in [5, 5.41) is 3.36. The first-order valence-electron chi connectivity index (χ1n) is 5.54. The second-order valence-electron chi connectivity index (χ2n) is 4.16. The highest BCUT2D eigenvalue weighted by Gasteiger charge is 2.32. The number of piperidine rings is 1. The van der Waals surface area contributed by atoms with Crippen molar-refractivity contribution in [3.8, 4) is 0 Å². The van der Waals surface area contributed by atoms with Crippen LogP contribution in [0.1, 0.15) is 18.4 Å². The number of nitrogens with zero attached hydrogens (tertiary/aromatic N) is 3. The first-order chi connectivity index (χ1) is 8.50. The monoisotopic (exact) mass is 268 g/mol. The molecule has 0 radical (unpaired) electrons. The van der Waals surface area contributed by atoms with Crippen molar-refractivity contribution in [3.05, 3.63) is 17.0 Å². The molecule has 0 aromatic carbocycles. The molecule has 1 fully saturated rings. The zero-order valence-corrected chi connectivity index (χ0v) is 10.9. The molecule has 1 atom stereocenters. The number of imide groups is 1. The van der Waals surface area contributed by atoms with Crippen LogP contribution in [0.15, 0.2) is 6.33 Å². The lowest BCUT2D eigenvalue weighted by atomic mass is 10.0. The van der Waals surface area contributed by atoms with Crippen LogP contribution in [0, 0.1) is 6.92 Å². The van der Waals surface area contributed by atoms with E-state index in [0.29, 0.717) is 29.4 Å². The van der Waals surface area contributed by atoms with Gasteiger partial charge < -0.3 is 5.32 Å². The summed E-state index contributed by atoms with van der Waals surface area (Å²) in [4.78, 5) is 32.3. The van der Waals surface area contributed by atoms with Crippen molar-refractivity contribution in [2.45, 2.75) is 25.8 Å². The fourth-order valence-corrected chi connectivity index (χ4v) is 1.92. The molecule has 18 heavy (non-hydrogen) atoms. The average Bonchev–Trinajstić information content (AvgIpc) is 2.35. The molecule has 0 aliphatic carbocycles. The van der Waals surface area contributed by atoms with Crippen LogP contribution in [0.4, 0.5) is 5.82 Å². The number of carbonyl (C=O) groups excluding carboxylic acids is 2. The Kier molecular flexibility index (Phi) is 3.47. The maximum Gasteiger partial charge on any atom is 0.251 e. The number of hydrogen-bond acceptors (Lipinski definition) is 5. The number of anilines is 1. The van der Waals surface area contributed by atoms with Crippen LogP contribution in [-0.2, 0) is 9.59 Å². The van der Waals surface area contributed by atoms with E-state index in [0.717, 1.165) is 4.90 Å². The molecule has 1 aliphatic heterocycles. The Hall–Kier alpha value is -1.69. The van der Waals surface area contributed by atoms with E-state index in [2.05, 4.69) is 15.3 Å². The molecule has 96 valence electrons. The highest BCUT2D eigenvalue weighted by Crippen LogP contribution is 2.21. The van der Waals surface area contributed by atoms with Gasteiger partial charge in [-0.25, -0.2) is 9.97 Å². The first kappa shape index (κ1) is 12.8. The van der Waals surface area contributed by atoms with Gasteiger partial charge in [-0.15, -0.1) is 0 Å². The topological polar surface area (TPSA) is 75.2 Å². The van der Waals surface area contributed by atoms with Crippen molar-refractivity contribution < 1.29 is 9.59 Å². The minimum atomic E-state index is -0.447. The standard InChI is InChI=1S/C11H13ClN4O2/c1-6-9(12)13-5-14-10(6)15-7-3-4-8(17)16(2)11(7)18/h5,7H,3-4H2,1-2H3,(H,13,14,15). The van der Waals surface area contributed by atoms with E-state index >= 15 is 0 Å². The van der Waals surface area contributed by atoms with Gasteiger partial charge in [0.1, 0.15) is 23.3 Å². The largest absolute Gasteiger partial charge is 0.358 e. The third-order valence-electron chi connectivity index (χ3n) is 2.98. The Labute approximate surface area is 109 Å². The van der Waals surface area contributed by atoms with Gasteiger partial charge in [0.15, 0.2) is 0 Å². The zero-order chi connectivity index (χ0) is 13.3. The van der Waals surface area contributed by atoms with Gasteiger partial charge in [0.05, 0.1) is 0 Å². The van der Waals surface area contributed by atoms with Crippen LogP contribution >= 0.6 is 11.6 Å². The molecule has 1 unspecified atom stereocenters. The molecule has 6 nitrogen and oxygen atoms in total. The van der Waals surface area contributed by atoms with Crippen molar-refractivity contribution in [1.29, 1.82) is 0 Å². The normalized spacial score (nSPS) is 20.2. The Morgan fingerprint density at radius 2 is 2.17 bits per heavy atom. The van der Waals surface area contributed by atoms with E-state index in [4.69, 9.17) is 11.6 Å². The zero-order valence-electron chi connectivity index (χ0n) is 10.1. The van der Waals surface area contributed by atoms with Gasteiger partial charge in [-0.3, -0.25) is 14.5 Å². The van der Waals surface area contributed by atoms with Crippen LogP contribution in [-0.4, -0.2) is 39.8 Å². The van der Waals surface area contributed by atoms with Gasteiger partial charge in [0.25, 0.3) is 5.91 Å². The first-order valence-corrected chi connectivity index (χ1v) is 5.92. The second kappa shape index (κ2) is 4.89. The number of likely N-dealkylation sites (tertiary alicyclic amines) is 1. The molecule has 1 saturated heterocycles. The highest BCUT2D eigenvalue weighted by atomic mass is 35.5. The molecule has 2 rings (SSSR count). The van der Waals surface area contributed by atoms with Crippen LogP contribution in [0.25, 0.3) is 0 Å². The Bertz CT molecular complexity index is 506. The van der Waals surface area contributed by atoms with E-state index in [1.807, 2.05) is 0 Å². The molecule has 2 amide bonds. The predicted octanol–water partition coefficient (Wildman–Crippen LogP) is 0.998. The number of aromatic nitrogens is 2. The summed E-state index contributed by atoms with van der Waals surface area (Å²) in [6, 6.07) is -0.447. The van der Waals surface area contributed by atoms with Crippen LogP contribution in [0.2, 0.25) is 5.15 Å². The summed E-state index contributed by atoms with van der Waals surface area (Å²) < 4.78 is 0. The van der Waals surface area contributed by atoms with Crippen molar-refractivity contribution >= 4 is 29.2 Å². The van der Waals surface area contributed by atoms with Crippen molar-refractivity contribution in [3.63, 3.8) is 0 Å². The second-order valence-corrected chi connectivity index (χ2v) is 4.52. The molecular formula is C11H13ClN4O2. The molecule has 7 heteroatoms. The fraction of sp³-hybridized carbons (Fsp3) is 0.455. The number of carbonyl (C=O) groups is 2. The summed E-state index contributed by atoms with van der Waals surface area (Å²) in [7, 11) is 1.48. The summed E-state index contributed by atoms with van der Waals surface area (Å²) in [6.07, 6.45) is 2.14. The molecule has 2 heterocycles. The number of likely N-dealkylation sites (N-methyl/N-ethyl adjacent to an activating group) is 1. The average molecular weight is 269 g/mol.